The lowest BCUT2D eigenvalue weighted by atomic mass is 10.1. The molecule has 4 nitrogen and oxygen atoms in total. The molecule has 0 bridgehead atoms. The fraction of sp³-hybridized carbons (Fsp3) is 0.0476. The Morgan fingerprint density at radius 2 is 1.57 bits per heavy atom. The number of nitrogens with one attached hydrogen (secondary N) is 1. The topological polar surface area (TPSA) is 46.9 Å². The molecule has 140 valence electrons. The molecule has 4 rings (SSSR count). The Hall–Kier alpha value is -3.61. The maximum atomic E-state index is 14.4. The Morgan fingerprint density at radius 1 is 0.893 bits per heavy atom. The molecule has 0 amide bonds. The highest BCUT2D eigenvalue weighted by Gasteiger charge is 2.15. The molecule has 1 aromatic heterocycles. The lowest BCUT2D eigenvalue weighted by molar-refractivity contribution is 0.579. The van der Waals surface area contributed by atoms with Crippen molar-refractivity contribution in [1.82, 2.24) is 9.66 Å². The van der Waals surface area contributed by atoms with Gasteiger partial charge in [0, 0.05) is 6.07 Å². The van der Waals surface area contributed by atoms with E-state index in [9.17, 15) is 18.0 Å². The molecule has 0 unspecified atom stereocenters. The highest BCUT2D eigenvalue weighted by molar-refractivity contribution is 5.79. The Bertz CT molecular complexity index is 1220. The largest absolute Gasteiger partial charge is 0.317 e. The molecule has 0 saturated carbocycles. The molecule has 3 aromatic carbocycles. The van der Waals surface area contributed by atoms with Crippen molar-refractivity contribution in [3.63, 3.8) is 0 Å². The first-order chi connectivity index (χ1) is 13.5. The third-order valence-electron chi connectivity index (χ3n) is 4.25. The SMILES string of the molecule is O=c1c2ccccc2nc(-c2ccccc2F)n1NCc1cc(F)cc(F)c1. The number of benzene rings is 3. The molecule has 0 aliphatic heterocycles. The van der Waals surface area contributed by atoms with E-state index in [-0.39, 0.29) is 23.5 Å². The second kappa shape index (κ2) is 7.19. The molecule has 7 heteroatoms. The van der Waals surface area contributed by atoms with Gasteiger partial charge < -0.3 is 5.43 Å². The Morgan fingerprint density at radius 3 is 2.32 bits per heavy atom. The molecule has 4 aromatic rings. The number of nitrogens with zero attached hydrogens (tertiary/aromatic N) is 2. The third-order valence-corrected chi connectivity index (χ3v) is 4.25. The van der Waals surface area contributed by atoms with Crippen LogP contribution in [-0.2, 0) is 6.54 Å². The van der Waals surface area contributed by atoms with Crippen LogP contribution in [0.25, 0.3) is 22.3 Å². The van der Waals surface area contributed by atoms with E-state index >= 15 is 0 Å². The number of hydrogen-bond acceptors (Lipinski definition) is 3. The molecule has 1 heterocycles. The van der Waals surface area contributed by atoms with Gasteiger partial charge in [-0.25, -0.2) is 22.8 Å². The first kappa shape index (κ1) is 17.8. The van der Waals surface area contributed by atoms with E-state index in [1.807, 2.05) is 0 Å². The molecule has 0 saturated heterocycles. The minimum atomic E-state index is -0.727. The monoisotopic (exact) mass is 381 g/mol. The van der Waals surface area contributed by atoms with Crippen LogP contribution in [0.3, 0.4) is 0 Å². The van der Waals surface area contributed by atoms with E-state index < -0.39 is 23.0 Å². The van der Waals surface area contributed by atoms with Gasteiger partial charge in [0.05, 0.1) is 23.0 Å². The molecular weight excluding hydrogens is 367 g/mol. The quantitative estimate of drug-likeness (QED) is 0.576. The summed E-state index contributed by atoms with van der Waals surface area (Å²) in [5, 5.41) is 0.334. The van der Waals surface area contributed by atoms with Gasteiger partial charge in [-0.2, -0.15) is 0 Å². The summed E-state index contributed by atoms with van der Waals surface area (Å²) >= 11 is 0. The van der Waals surface area contributed by atoms with Gasteiger partial charge in [-0.1, -0.05) is 24.3 Å². The minimum absolute atomic E-state index is 0.0595. The second-order valence-corrected chi connectivity index (χ2v) is 6.19. The lowest BCUT2D eigenvalue weighted by Crippen LogP contribution is -2.31. The fourth-order valence-electron chi connectivity index (χ4n) is 2.99. The summed E-state index contributed by atoms with van der Waals surface area (Å²) in [5.74, 6) is -1.93. The molecule has 0 aliphatic carbocycles. The van der Waals surface area contributed by atoms with Crippen LogP contribution in [-0.4, -0.2) is 9.66 Å². The van der Waals surface area contributed by atoms with E-state index in [1.165, 1.54) is 18.2 Å². The fourth-order valence-corrected chi connectivity index (χ4v) is 2.99. The highest BCUT2D eigenvalue weighted by atomic mass is 19.1. The first-order valence-corrected chi connectivity index (χ1v) is 8.48. The third kappa shape index (κ3) is 3.34. The van der Waals surface area contributed by atoms with Crippen LogP contribution in [0.5, 0.6) is 0 Å². The predicted molar refractivity (Wildman–Crippen MR) is 101 cm³/mol. The number of aromatic nitrogens is 2. The lowest BCUT2D eigenvalue weighted by Gasteiger charge is -2.16. The normalized spacial score (nSPS) is 11.0. The average molecular weight is 381 g/mol. The molecule has 0 aliphatic rings. The van der Waals surface area contributed by atoms with Crippen LogP contribution in [0.4, 0.5) is 13.2 Å². The van der Waals surface area contributed by atoms with Gasteiger partial charge in [-0.05, 0) is 42.0 Å². The van der Waals surface area contributed by atoms with Gasteiger partial charge in [-0.3, -0.25) is 4.79 Å². The van der Waals surface area contributed by atoms with Gasteiger partial charge >= 0.3 is 0 Å². The molecule has 0 atom stereocenters. The molecule has 0 fully saturated rings. The van der Waals surface area contributed by atoms with Crippen LogP contribution < -0.4 is 11.0 Å². The summed E-state index contributed by atoms with van der Waals surface area (Å²) in [6, 6.07) is 15.7. The van der Waals surface area contributed by atoms with Crippen LogP contribution in [0.1, 0.15) is 5.56 Å². The predicted octanol–water partition coefficient (Wildman–Crippen LogP) is 4.22. The number of rotatable bonds is 4. The summed E-state index contributed by atoms with van der Waals surface area (Å²) in [5.41, 5.74) is 3.20. The van der Waals surface area contributed by atoms with Crippen LogP contribution in [0, 0.1) is 17.5 Å². The van der Waals surface area contributed by atoms with Crippen LogP contribution in [0.2, 0.25) is 0 Å². The second-order valence-electron chi connectivity index (χ2n) is 6.19. The van der Waals surface area contributed by atoms with E-state index in [2.05, 4.69) is 10.4 Å². The van der Waals surface area contributed by atoms with Gasteiger partial charge in [-0.15, -0.1) is 0 Å². The van der Waals surface area contributed by atoms with Crippen LogP contribution >= 0.6 is 0 Å². The van der Waals surface area contributed by atoms with Crippen molar-refractivity contribution in [1.29, 1.82) is 0 Å². The molecule has 28 heavy (non-hydrogen) atoms. The number of halogens is 3. The van der Waals surface area contributed by atoms with Gasteiger partial charge in [0.2, 0.25) is 0 Å². The molecular formula is C21H14F3N3O. The summed E-state index contributed by atoms with van der Waals surface area (Å²) in [6.07, 6.45) is 0. The summed E-state index contributed by atoms with van der Waals surface area (Å²) < 4.78 is 42.4. The Kier molecular flexibility index (Phi) is 4.57. The summed E-state index contributed by atoms with van der Waals surface area (Å²) in [6.45, 7) is -0.0595. The molecule has 1 N–H and O–H groups in total. The summed E-state index contributed by atoms with van der Waals surface area (Å²) in [7, 11) is 0. The van der Waals surface area contributed by atoms with Crippen molar-refractivity contribution >= 4 is 10.9 Å². The van der Waals surface area contributed by atoms with Crippen molar-refractivity contribution in [3.05, 3.63) is 100 Å². The molecule has 0 radical (unpaired) electrons. The van der Waals surface area contributed by atoms with Crippen molar-refractivity contribution in [3.8, 4) is 11.4 Å². The van der Waals surface area contributed by atoms with Crippen molar-refractivity contribution < 1.29 is 13.2 Å². The first-order valence-electron chi connectivity index (χ1n) is 8.48. The van der Waals surface area contributed by atoms with Crippen molar-refractivity contribution in [2.45, 2.75) is 6.54 Å². The Balaban J connectivity index is 1.85. The van der Waals surface area contributed by atoms with E-state index in [4.69, 9.17) is 0 Å². The average Bonchev–Trinajstić information content (AvgIpc) is 2.67. The maximum absolute atomic E-state index is 14.4. The Labute approximate surface area is 157 Å². The van der Waals surface area contributed by atoms with Gasteiger partial charge in [0.25, 0.3) is 5.56 Å². The van der Waals surface area contributed by atoms with Gasteiger partial charge in [0.15, 0.2) is 5.82 Å². The van der Waals surface area contributed by atoms with Crippen molar-refractivity contribution in [2.24, 2.45) is 0 Å². The zero-order chi connectivity index (χ0) is 19.7. The zero-order valence-electron chi connectivity index (χ0n) is 14.5. The van der Waals surface area contributed by atoms with Crippen molar-refractivity contribution in [2.75, 3.05) is 5.43 Å². The smallest absolute Gasteiger partial charge is 0.280 e. The number of hydrogen-bond donors (Lipinski definition) is 1. The highest BCUT2D eigenvalue weighted by Crippen LogP contribution is 2.21. The summed E-state index contributed by atoms with van der Waals surface area (Å²) in [4.78, 5) is 17.4. The van der Waals surface area contributed by atoms with E-state index in [0.29, 0.717) is 10.9 Å². The van der Waals surface area contributed by atoms with Crippen LogP contribution in [0.15, 0.2) is 71.5 Å². The molecule has 0 spiro atoms. The standard InChI is InChI=1S/C21H14F3N3O/c22-14-9-13(10-15(23)11-14)12-25-27-20(16-5-1-3-7-18(16)24)26-19-8-4-2-6-17(19)21(27)28/h1-11,25H,12H2. The zero-order valence-corrected chi connectivity index (χ0v) is 14.5. The van der Waals surface area contributed by atoms with E-state index in [0.717, 1.165) is 22.9 Å². The number of para-hydroxylation sites is 1. The van der Waals surface area contributed by atoms with Gasteiger partial charge in [0.1, 0.15) is 17.5 Å². The number of fused-ring (bicyclic) bond motifs is 1. The minimum Gasteiger partial charge on any atom is -0.317 e. The van der Waals surface area contributed by atoms with E-state index in [1.54, 1.807) is 30.3 Å². The maximum Gasteiger partial charge on any atom is 0.280 e.